The second-order valence-electron chi connectivity index (χ2n) is 7.06. The van der Waals surface area contributed by atoms with Crippen LogP contribution in [-0.2, 0) is 14.8 Å². The van der Waals surface area contributed by atoms with E-state index in [0.29, 0.717) is 16.4 Å². The molecule has 0 aromatic heterocycles. The minimum absolute atomic E-state index is 0.00475. The van der Waals surface area contributed by atoms with Gasteiger partial charge < -0.3 is 10.1 Å². The molecule has 0 saturated heterocycles. The van der Waals surface area contributed by atoms with E-state index in [-0.39, 0.29) is 10.6 Å². The van der Waals surface area contributed by atoms with E-state index in [0.717, 1.165) is 15.4 Å². The molecule has 0 aliphatic carbocycles. The van der Waals surface area contributed by atoms with Crippen LogP contribution in [0.15, 0.2) is 71.6 Å². The largest absolute Gasteiger partial charge is 0.495 e. The van der Waals surface area contributed by atoms with Crippen molar-refractivity contribution in [2.45, 2.75) is 18.7 Å². The summed E-state index contributed by atoms with van der Waals surface area (Å²) in [7, 11) is -2.69. The normalized spacial score (nSPS) is 11.1. The highest BCUT2D eigenvalue weighted by Crippen LogP contribution is 2.31. The third-order valence-electron chi connectivity index (χ3n) is 4.62. The highest BCUT2D eigenvalue weighted by atomic mass is 35.5. The average molecular weight is 459 g/mol. The Morgan fingerprint density at radius 2 is 1.58 bits per heavy atom. The van der Waals surface area contributed by atoms with E-state index >= 15 is 0 Å². The molecule has 0 aliphatic heterocycles. The average Bonchev–Trinajstić information content (AvgIpc) is 2.74. The molecule has 162 valence electrons. The number of rotatable bonds is 7. The van der Waals surface area contributed by atoms with Crippen molar-refractivity contribution in [3.8, 4) is 5.75 Å². The van der Waals surface area contributed by atoms with Gasteiger partial charge >= 0.3 is 0 Å². The summed E-state index contributed by atoms with van der Waals surface area (Å²) in [6.07, 6.45) is 0. The smallest absolute Gasteiger partial charge is 0.268 e. The molecule has 0 radical (unpaired) electrons. The molecule has 3 rings (SSSR count). The summed E-state index contributed by atoms with van der Waals surface area (Å²) in [6, 6.07) is 18.4. The zero-order valence-corrected chi connectivity index (χ0v) is 19.0. The van der Waals surface area contributed by atoms with Crippen LogP contribution in [0.4, 0.5) is 11.4 Å². The van der Waals surface area contributed by atoms with Crippen molar-refractivity contribution in [1.29, 1.82) is 0 Å². The summed E-state index contributed by atoms with van der Waals surface area (Å²) in [5.74, 6) is -0.279. The maximum atomic E-state index is 13.6. The van der Waals surface area contributed by atoms with E-state index in [1.165, 1.54) is 13.2 Å². The number of methoxy groups -OCH3 is 1. The molecule has 0 aliphatic rings. The van der Waals surface area contributed by atoms with Gasteiger partial charge in [0, 0.05) is 10.7 Å². The van der Waals surface area contributed by atoms with Crippen molar-refractivity contribution >= 4 is 38.9 Å². The van der Waals surface area contributed by atoms with Gasteiger partial charge in [0.1, 0.15) is 17.2 Å². The number of benzene rings is 3. The molecule has 1 amide bonds. The van der Waals surface area contributed by atoms with Gasteiger partial charge in [0.25, 0.3) is 10.0 Å². The molecule has 6 nitrogen and oxygen atoms in total. The van der Waals surface area contributed by atoms with Crippen molar-refractivity contribution in [3.63, 3.8) is 0 Å². The van der Waals surface area contributed by atoms with Crippen LogP contribution in [0.3, 0.4) is 0 Å². The SMILES string of the molecule is COc1ccc(C)cc1S(=O)(=O)N(CC(=O)Nc1ccc(Cl)cc1)c1ccc(C)cc1. The van der Waals surface area contributed by atoms with Gasteiger partial charge in [0.15, 0.2) is 0 Å². The fourth-order valence-electron chi connectivity index (χ4n) is 2.99. The van der Waals surface area contributed by atoms with E-state index in [1.807, 2.05) is 6.92 Å². The molecule has 1 N–H and O–H groups in total. The van der Waals surface area contributed by atoms with Crippen molar-refractivity contribution in [1.82, 2.24) is 0 Å². The Kier molecular flexibility index (Phi) is 6.87. The number of nitrogens with one attached hydrogen (secondary N) is 1. The van der Waals surface area contributed by atoms with Crippen LogP contribution in [0.5, 0.6) is 5.75 Å². The van der Waals surface area contributed by atoms with Gasteiger partial charge in [0.2, 0.25) is 5.91 Å². The van der Waals surface area contributed by atoms with Crippen LogP contribution in [0.2, 0.25) is 5.02 Å². The van der Waals surface area contributed by atoms with Gasteiger partial charge in [-0.2, -0.15) is 0 Å². The fraction of sp³-hybridized carbons (Fsp3) is 0.174. The predicted molar refractivity (Wildman–Crippen MR) is 124 cm³/mol. The van der Waals surface area contributed by atoms with Crippen LogP contribution in [-0.4, -0.2) is 28.0 Å². The van der Waals surface area contributed by atoms with Gasteiger partial charge in [-0.15, -0.1) is 0 Å². The Hall–Kier alpha value is -3.03. The highest BCUT2D eigenvalue weighted by Gasteiger charge is 2.30. The second kappa shape index (κ2) is 9.41. The van der Waals surface area contributed by atoms with E-state index in [1.54, 1.807) is 67.6 Å². The molecule has 0 unspecified atom stereocenters. The molecule has 3 aromatic carbocycles. The number of hydrogen-bond acceptors (Lipinski definition) is 4. The molecule has 0 fully saturated rings. The lowest BCUT2D eigenvalue weighted by atomic mass is 10.2. The third-order valence-corrected chi connectivity index (χ3v) is 6.67. The molecule has 0 spiro atoms. The third kappa shape index (κ3) is 5.37. The number of ether oxygens (including phenoxy) is 1. The number of nitrogens with zero attached hydrogens (tertiary/aromatic N) is 1. The van der Waals surface area contributed by atoms with E-state index in [4.69, 9.17) is 16.3 Å². The zero-order valence-electron chi connectivity index (χ0n) is 17.4. The number of sulfonamides is 1. The fourth-order valence-corrected chi connectivity index (χ4v) is 4.78. The number of aryl methyl sites for hydroxylation is 2. The first kappa shape index (κ1) is 22.7. The molecule has 0 atom stereocenters. The minimum atomic E-state index is -4.10. The van der Waals surface area contributed by atoms with Crippen LogP contribution in [0.25, 0.3) is 0 Å². The first-order valence-electron chi connectivity index (χ1n) is 9.50. The maximum absolute atomic E-state index is 13.6. The molecule has 0 heterocycles. The zero-order chi connectivity index (χ0) is 22.6. The number of anilines is 2. The number of amides is 1. The lowest BCUT2D eigenvalue weighted by Crippen LogP contribution is -2.38. The topological polar surface area (TPSA) is 75.7 Å². The summed E-state index contributed by atoms with van der Waals surface area (Å²) in [4.78, 5) is 12.8. The number of halogens is 1. The quantitative estimate of drug-likeness (QED) is 0.551. The van der Waals surface area contributed by atoms with Gasteiger partial charge in [-0.1, -0.05) is 35.4 Å². The van der Waals surface area contributed by atoms with Gasteiger partial charge in [-0.25, -0.2) is 8.42 Å². The molecule has 0 saturated carbocycles. The lowest BCUT2D eigenvalue weighted by Gasteiger charge is -2.25. The first-order valence-corrected chi connectivity index (χ1v) is 11.3. The molecule has 8 heteroatoms. The molecule has 3 aromatic rings. The summed E-state index contributed by atoms with van der Waals surface area (Å²) in [5.41, 5.74) is 2.62. The van der Waals surface area contributed by atoms with E-state index < -0.39 is 22.5 Å². The Morgan fingerprint density at radius 1 is 0.968 bits per heavy atom. The summed E-state index contributed by atoms with van der Waals surface area (Å²) in [5, 5.41) is 3.24. The number of carbonyl (C=O) groups is 1. The van der Waals surface area contributed by atoms with E-state index in [9.17, 15) is 13.2 Å². The molecule has 0 bridgehead atoms. The molecular formula is C23H23ClN2O4S. The lowest BCUT2D eigenvalue weighted by molar-refractivity contribution is -0.114. The molecular weight excluding hydrogens is 436 g/mol. The van der Waals surface area contributed by atoms with E-state index in [2.05, 4.69) is 5.32 Å². The number of hydrogen-bond donors (Lipinski definition) is 1. The maximum Gasteiger partial charge on any atom is 0.268 e. The van der Waals surface area contributed by atoms with Gasteiger partial charge in [-0.05, 0) is 67.9 Å². The Morgan fingerprint density at radius 3 is 2.19 bits per heavy atom. The minimum Gasteiger partial charge on any atom is -0.495 e. The van der Waals surface area contributed by atoms with Crippen molar-refractivity contribution < 1.29 is 17.9 Å². The Balaban J connectivity index is 2.00. The van der Waals surface area contributed by atoms with Crippen LogP contribution >= 0.6 is 11.6 Å². The Labute approximate surface area is 187 Å². The monoisotopic (exact) mass is 458 g/mol. The second-order valence-corrected chi connectivity index (χ2v) is 9.32. The van der Waals surface area contributed by atoms with Gasteiger partial charge in [0.05, 0.1) is 12.8 Å². The predicted octanol–water partition coefficient (Wildman–Crippen LogP) is 4.80. The Bertz CT molecular complexity index is 1180. The standard InChI is InChI=1S/C23H23ClN2O4S/c1-16-4-11-20(12-5-16)26(15-23(27)25-19-9-7-18(24)8-10-19)31(28,29)22-14-17(2)6-13-21(22)30-3/h4-14H,15H2,1-3H3,(H,25,27). The first-order chi connectivity index (χ1) is 14.7. The van der Waals surface area contributed by atoms with Crippen LogP contribution < -0.4 is 14.4 Å². The number of carbonyl (C=O) groups excluding carboxylic acids is 1. The van der Waals surface area contributed by atoms with Crippen LogP contribution in [0, 0.1) is 13.8 Å². The van der Waals surface area contributed by atoms with Gasteiger partial charge in [-0.3, -0.25) is 9.10 Å². The summed E-state index contributed by atoms with van der Waals surface area (Å²) in [6.45, 7) is 3.28. The van der Waals surface area contributed by atoms with Crippen molar-refractivity contribution in [3.05, 3.63) is 82.9 Å². The van der Waals surface area contributed by atoms with Crippen molar-refractivity contribution in [2.75, 3.05) is 23.3 Å². The van der Waals surface area contributed by atoms with Crippen LogP contribution in [0.1, 0.15) is 11.1 Å². The van der Waals surface area contributed by atoms with Crippen molar-refractivity contribution in [2.24, 2.45) is 0 Å². The highest BCUT2D eigenvalue weighted by molar-refractivity contribution is 7.93. The molecule has 31 heavy (non-hydrogen) atoms. The summed E-state index contributed by atoms with van der Waals surface area (Å²) < 4.78 is 33.6. The summed E-state index contributed by atoms with van der Waals surface area (Å²) >= 11 is 5.88.